The van der Waals surface area contributed by atoms with Crippen molar-refractivity contribution in [3.8, 4) is 17.2 Å². The Hall–Kier alpha value is -4.25. The summed E-state index contributed by atoms with van der Waals surface area (Å²) in [5.74, 6) is 0.969. The van der Waals surface area contributed by atoms with Gasteiger partial charge >= 0.3 is 6.03 Å². The van der Waals surface area contributed by atoms with Gasteiger partial charge in [-0.25, -0.2) is 13.6 Å². The highest BCUT2D eigenvalue weighted by Gasteiger charge is 2.14. The van der Waals surface area contributed by atoms with Crippen LogP contribution in [-0.4, -0.2) is 56.1 Å². The Labute approximate surface area is 213 Å². The van der Waals surface area contributed by atoms with Crippen LogP contribution in [0.5, 0.6) is 17.2 Å². The molecule has 0 atom stereocenters. The van der Waals surface area contributed by atoms with Gasteiger partial charge in [-0.15, -0.1) is 0 Å². The number of aromatic nitrogens is 1. The number of amides is 3. The van der Waals surface area contributed by atoms with Crippen LogP contribution in [0.15, 0.2) is 60.8 Å². The number of likely N-dealkylation sites (N-methyl/N-ethyl adjacent to an activating group) is 1. The van der Waals surface area contributed by atoms with Crippen LogP contribution in [-0.2, 0) is 6.54 Å². The first-order chi connectivity index (χ1) is 17.7. The number of nitrogens with one attached hydrogen (secondary N) is 3. The number of halogens is 2. The third-order valence-electron chi connectivity index (χ3n) is 5.10. The van der Waals surface area contributed by atoms with E-state index in [-0.39, 0.29) is 29.4 Å². The van der Waals surface area contributed by atoms with Crippen LogP contribution in [0.4, 0.5) is 19.3 Å². The van der Waals surface area contributed by atoms with Crippen molar-refractivity contribution in [3.63, 3.8) is 0 Å². The number of anilines is 1. The maximum Gasteiger partial charge on any atom is 0.319 e. The number of pyridine rings is 1. The van der Waals surface area contributed by atoms with E-state index in [2.05, 4.69) is 20.9 Å². The maximum absolute atomic E-state index is 13.2. The van der Waals surface area contributed by atoms with E-state index < -0.39 is 12.5 Å². The van der Waals surface area contributed by atoms with Gasteiger partial charge in [0, 0.05) is 38.0 Å². The Morgan fingerprint density at radius 3 is 2.46 bits per heavy atom. The van der Waals surface area contributed by atoms with Crippen LogP contribution in [0.1, 0.15) is 28.0 Å². The molecule has 196 valence electrons. The molecular formula is C26H29F2N5O4. The van der Waals surface area contributed by atoms with E-state index in [0.29, 0.717) is 30.4 Å². The fraction of sp³-hybridized carbons (Fsp3) is 0.269. The molecule has 11 heteroatoms. The lowest BCUT2D eigenvalue weighted by Crippen LogP contribution is -2.28. The summed E-state index contributed by atoms with van der Waals surface area (Å²) in [4.78, 5) is 30.1. The first kappa shape index (κ1) is 27.3. The third-order valence-corrected chi connectivity index (χ3v) is 5.10. The Morgan fingerprint density at radius 1 is 1.03 bits per heavy atom. The van der Waals surface area contributed by atoms with Crippen molar-refractivity contribution < 1.29 is 27.8 Å². The SMILES string of the molecule is CNC(=O)c1cc(Oc2ccc(CNC(=O)Nc3cc(C(F)F)ccc3OCCN(C)C)cc2)ccn1. The first-order valence-corrected chi connectivity index (χ1v) is 11.4. The van der Waals surface area contributed by atoms with Crippen LogP contribution >= 0.6 is 0 Å². The third kappa shape index (κ3) is 8.43. The average molecular weight is 514 g/mol. The summed E-state index contributed by atoms with van der Waals surface area (Å²) >= 11 is 0. The molecule has 9 nitrogen and oxygen atoms in total. The molecule has 0 aliphatic rings. The summed E-state index contributed by atoms with van der Waals surface area (Å²) in [6.45, 7) is 1.14. The Morgan fingerprint density at radius 2 is 1.78 bits per heavy atom. The number of carbonyl (C=O) groups excluding carboxylic acids is 2. The van der Waals surface area contributed by atoms with Gasteiger partial charge in [0.05, 0.1) is 5.69 Å². The zero-order chi connectivity index (χ0) is 26.8. The molecular weight excluding hydrogens is 484 g/mol. The zero-order valence-corrected chi connectivity index (χ0v) is 20.8. The lowest BCUT2D eigenvalue weighted by atomic mass is 10.2. The number of nitrogens with zero attached hydrogens (tertiary/aromatic N) is 2. The van der Waals surface area contributed by atoms with Crippen molar-refractivity contribution in [2.75, 3.05) is 39.6 Å². The first-order valence-electron chi connectivity index (χ1n) is 11.4. The van der Waals surface area contributed by atoms with E-state index in [4.69, 9.17) is 9.47 Å². The molecule has 2 aromatic carbocycles. The van der Waals surface area contributed by atoms with E-state index >= 15 is 0 Å². The number of hydrogen-bond donors (Lipinski definition) is 3. The molecule has 0 radical (unpaired) electrons. The molecule has 3 rings (SSSR count). The number of urea groups is 1. The predicted octanol–water partition coefficient (Wildman–Crippen LogP) is 4.43. The van der Waals surface area contributed by atoms with Crippen LogP contribution < -0.4 is 25.4 Å². The van der Waals surface area contributed by atoms with Crippen LogP contribution in [0, 0.1) is 0 Å². The van der Waals surface area contributed by atoms with Crippen molar-refractivity contribution in [2.45, 2.75) is 13.0 Å². The second kappa shape index (κ2) is 13.2. The van der Waals surface area contributed by atoms with Gasteiger partial charge in [0.2, 0.25) is 0 Å². The molecule has 0 unspecified atom stereocenters. The summed E-state index contributed by atoms with van der Waals surface area (Å²) in [7, 11) is 5.29. The summed E-state index contributed by atoms with van der Waals surface area (Å²) in [6, 6.07) is 13.5. The molecule has 0 saturated carbocycles. The molecule has 0 fully saturated rings. The number of benzene rings is 2. The molecule has 3 N–H and O–H groups in total. The summed E-state index contributed by atoms with van der Waals surface area (Å²) < 4.78 is 37.8. The lowest BCUT2D eigenvalue weighted by molar-refractivity contribution is 0.0957. The van der Waals surface area contributed by atoms with Gasteiger partial charge in [0.1, 0.15) is 29.5 Å². The minimum atomic E-state index is -2.68. The van der Waals surface area contributed by atoms with Crippen molar-refractivity contribution >= 4 is 17.6 Å². The van der Waals surface area contributed by atoms with Crippen LogP contribution in [0.25, 0.3) is 0 Å². The highest BCUT2D eigenvalue weighted by Crippen LogP contribution is 2.30. The molecule has 1 heterocycles. The molecule has 3 aromatic rings. The smallest absolute Gasteiger partial charge is 0.319 e. The van der Waals surface area contributed by atoms with Crippen molar-refractivity contribution in [1.82, 2.24) is 20.5 Å². The quantitative estimate of drug-likeness (QED) is 0.350. The highest BCUT2D eigenvalue weighted by atomic mass is 19.3. The molecule has 3 amide bonds. The minimum absolute atomic E-state index is 0.159. The summed E-state index contributed by atoms with van der Waals surface area (Å²) in [5, 5.41) is 7.79. The number of rotatable bonds is 11. The van der Waals surface area contributed by atoms with Gasteiger partial charge in [-0.2, -0.15) is 0 Å². The molecule has 0 aliphatic carbocycles. The minimum Gasteiger partial charge on any atom is -0.490 e. The largest absolute Gasteiger partial charge is 0.490 e. The van der Waals surface area contributed by atoms with Crippen molar-refractivity contribution in [2.24, 2.45) is 0 Å². The average Bonchev–Trinajstić information content (AvgIpc) is 2.88. The van der Waals surface area contributed by atoms with Crippen LogP contribution in [0.3, 0.4) is 0 Å². The van der Waals surface area contributed by atoms with Crippen molar-refractivity contribution in [1.29, 1.82) is 0 Å². The second-order valence-corrected chi connectivity index (χ2v) is 8.22. The fourth-order valence-corrected chi connectivity index (χ4v) is 3.13. The summed E-state index contributed by atoms with van der Waals surface area (Å²) in [5.41, 5.74) is 0.956. The normalized spacial score (nSPS) is 10.8. The summed E-state index contributed by atoms with van der Waals surface area (Å²) in [6.07, 6.45) is -1.20. The highest BCUT2D eigenvalue weighted by molar-refractivity contribution is 5.92. The molecule has 0 bridgehead atoms. The van der Waals surface area contributed by atoms with Gasteiger partial charge in [0.15, 0.2) is 0 Å². The molecule has 0 saturated heterocycles. The Balaban J connectivity index is 1.58. The lowest BCUT2D eigenvalue weighted by Gasteiger charge is -2.16. The molecule has 37 heavy (non-hydrogen) atoms. The van der Waals surface area contributed by atoms with Crippen LogP contribution in [0.2, 0.25) is 0 Å². The van der Waals surface area contributed by atoms with E-state index in [1.807, 2.05) is 19.0 Å². The van der Waals surface area contributed by atoms with E-state index in [0.717, 1.165) is 5.56 Å². The van der Waals surface area contributed by atoms with Gasteiger partial charge < -0.3 is 30.3 Å². The van der Waals surface area contributed by atoms with E-state index in [9.17, 15) is 18.4 Å². The number of hydrogen-bond acceptors (Lipinski definition) is 6. The number of carbonyl (C=O) groups is 2. The van der Waals surface area contributed by atoms with Crippen molar-refractivity contribution in [3.05, 3.63) is 77.6 Å². The Bertz CT molecular complexity index is 1210. The van der Waals surface area contributed by atoms with Gasteiger partial charge in [-0.1, -0.05) is 12.1 Å². The number of alkyl halides is 2. The predicted molar refractivity (Wildman–Crippen MR) is 135 cm³/mol. The van der Waals surface area contributed by atoms with Gasteiger partial charge in [-0.05, 0) is 56.1 Å². The molecule has 0 aliphatic heterocycles. The van der Waals surface area contributed by atoms with E-state index in [1.165, 1.54) is 37.5 Å². The second-order valence-electron chi connectivity index (χ2n) is 8.22. The zero-order valence-electron chi connectivity index (χ0n) is 20.8. The Kier molecular flexibility index (Phi) is 9.73. The van der Waals surface area contributed by atoms with Gasteiger partial charge in [0.25, 0.3) is 12.3 Å². The number of ether oxygens (including phenoxy) is 2. The standard InChI is InChI=1S/C26H29F2N5O4/c1-29-25(34)22-15-20(10-11-30-22)37-19-7-4-17(5-8-19)16-31-26(35)32-21-14-18(24(27)28)6-9-23(21)36-13-12-33(2)3/h4-11,14-15,24H,12-13,16H2,1-3H3,(H,29,34)(H2,31,32,35). The fourth-order valence-electron chi connectivity index (χ4n) is 3.13. The molecule has 1 aromatic heterocycles. The monoisotopic (exact) mass is 513 g/mol. The maximum atomic E-state index is 13.2. The molecule has 0 spiro atoms. The topological polar surface area (TPSA) is 105 Å². The van der Waals surface area contributed by atoms with E-state index in [1.54, 1.807) is 30.3 Å². The van der Waals surface area contributed by atoms with Gasteiger partial charge in [-0.3, -0.25) is 9.78 Å².